The Morgan fingerprint density at radius 1 is 1.45 bits per heavy atom. The van der Waals surface area contributed by atoms with Crippen LogP contribution in [0.5, 0.6) is 0 Å². The van der Waals surface area contributed by atoms with Crippen LogP contribution < -0.4 is 4.72 Å². The summed E-state index contributed by atoms with van der Waals surface area (Å²) in [6, 6.07) is 0. The van der Waals surface area contributed by atoms with Gasteiger partial charge in [-0.05, 0) is 44.4 Å². The minimum atomic E-state index is -3.54. The Labute approximate surface area is 122 Å². The normalized spacial score (nSPS) is 30.6. The summed E-state index contributed by atoms with van der Waals surface area (Å²) in [6.45, 7) is 7.55. The molecule has 0 radical (unpaired) electrons. The van der Waals surface area contributed by atoms with Crippen LogP contribution in [-0.2, 0) is 14.8 Å². The lowest BCUT2D eigenvalue weighted by molar-refractivity contribution is -0.124. The minimum absolute atomic E-state index is 0.306. The summed E-state index contributed by atoms with van der Waals surface area (Å²) in [5, 5.41) is 0. The molecule has 0 aromatic rings. The van der Waals surface area contributed by atoms with E-state index in [1.807, 2.05) is 13.8 Å². The molecule has 0 bridgehead atoms. The number of sulfonamides is 1. The molecule has 2 fully saturated rings. The fourth-order valence-electron chi connectivity index (χ4n) is 3.03. The molecule has 0 heterocycles. The number of carbonyl (C=O) groups is 1. The van der Waals surface area contributed by atoms with E-state index in [0.717, 1.165) is 25.7 Å². The van der Waals surface area contributed by atoms with Crippen LogP contribution in [0.1, 0.15) is 58.8 Å². The number of unbranched alkanes of at least 4 members (excludes halogenated alkanes) is 1. The van der Waals surface area contributed by atoms with Crippen molar-refractivity contribution in [2.24, 2.45) is 11.3 Å². The first-order valence-electron chi connectivity index (χ1n) is 7.49. The molecule has 4 nitrogen and oxygen atoms in total. The maximum Gasteiger partial charge on any atom is 0.240 e. The molecule has 20 heavy (non-hydrogen) atoms. The highest BCUT2D eigenvalue weighted by molar-refractivity contribution is 7.91. The molecule has 5 heteroatoms. The van der Waals surface area contributed by atoms with Crippen molar-refractivity contribution in [3.05, 3.63) is 12.7 Å². The van der Waals surface area contributed by atoms with Gasteiger partial charge in [-0.15, -0.1) is 6.58 Å². The van der Waals surface area contributed by atoms with Gasteiger partial charge < -0.3 is 0 Å². The van der Waals surface area contributed by atoms with Gasteiger partial charge >= 0.3 is 0 Å². The first kappa shape index (κ1) is 15.5. The average molecular weight is 299 g/mol. The zero-order chi connectivity index (χ0) is 15.0. The average Bonchev–Trinajstić information content (AvgIpc) is 3.26. The molecule has 2 saturated carbocycles. The van der Waals surface area contributed by atoms with E-state index >= 15 is 0 Å². The van der Waals surface area contributed by atoms with Crippen LogP contribution in [0.4, 0.5) is 0 Å². The smallest absolute Gasteiger partial charge is 0.240 e. The minimum Gasteiger partial charge on any atom is -0.273 e. The van der Waals surface area contributed by atoms with Crippen molar-refractivity contribution < 1.29 is 13.2 Å². The third-order valence-corrected chi connectivity index (χ3v) is 7.27. The number of hydrogen-bond acceptors (Lipinski definition) is 3. The second-order valence-corrected chi connectivity index (χ2v) is 8.60. The van der Waals surface area contributed by atoms with Crippen molar-refractivity contribution in [1.29, 1.82) is 0 Å². The Kier molecular flexibility index (Phi) is 4.02. The highest BCUT2D eigenvalue weighted by Crippen LogP contribution is 2.55. The van der Waals surface area contributed by atoms with E-state index in [0.29, 0.717) is 25.2 Å². The monoisotopic (exact) mass is 299 g/mol. The molecule has 0 aromatic heterocycles. The van der Waals surface area contributed by atoms with Crippen LogP contribution in [0.25, 0.3) is 0 Å². The fraction of sp³-hybridized carbons (Fsp3) is 0.800. The maximum absolute atomic E-state index is 12.4. The molecule has 0 aromatic carbocycles. The largest absolute Gasteiger partial charge is 0.273 e. The van der Waals surface area contributed by atoms with Gasteiger partial charge in [-0.1, -0.05) is 26.3 Å². The number of hydrogen-bond donors (Lipinski definition) is 1. The highest BCUT2D eigenvalue weighted by Gasteiger charge is 2.59. The Morgan fingerprint density at radius 3 is 2.55 bits per heavy atom. The second-order valence-electron chi connectivity index (χ2n) is 6.53. The molecule has 0 spiro atoms. The van der Waals surface area contributed by atoms with Crippen LogP contribution >= 0.6 is 0 Å². The topological polar surface area (TPSA) is 63.2 Å². The quantitative estimate of drug-likeness (QED) is 0.553. The van der Waals surface area contributed by atoms with Crippen molar-refractivity contribution in [3.8, 4) is 0 Å². The summed E-state index contributed by atoms with van der Waals surface area (Å²) in [5.41, 5.74) is -0.473. The SMILES string of the molecule is C=CCCCC1(S(=O)(=O)NC(=O)C2(C)CC2CC)CC1. The summed E-state index contributed by atoms with van der Waals surface area (Å²) in [4.78, 5) is 12.2. The summed E-state index contributed by atoms with van der Waals surface area (Å²) >= 11 is 0. The van der Waals surface area contributed by atoms with E-state index in [1.54, 1.807) is 6.08 Å². The molecule has 114 valence electrons. The van der Waals surface area contributed by atoms with Gasteiger partial charge in [0, 0.05) is 0 Å². The van der Waals surface area contributed by atoms with Crippen molar-refractivity contribution in [1.82, 2.24) is 4.72 Å². The van der Waals surface area contributed by atoms with E-state index in [2.05, 4.69) is 11.3 Å². The molecule has 2 atom stereocenters. The molecule has 2 unspecified atom stereocenters. The predicted octanol–water partition coefficient (Wildman–Crippen LogP) is 2.76. The lowest BCUT2D eigenvalue weighted by atomic mass is 10.1. The predicted molar refractivity (Wildman–Crippen MR) is 79.6 cm³/mol. The Morgan fingerprint density at radius 2 is 2.10 bits per heavy atom. The van der Waals surface area contributed by atoms with Crippen molar-refractivity contribution in [2.45, 2.75) is 63.5 Å². The van der Waals surface area contributed by atoms with Gasteiger partial charge in [-0.2, -0.15) is 0 Å². The molecule has 2 rings (SSSR count). The summed E-state index contributed by atoms with van der Waals surface area (Å²) in [7, 11) is -3.54. The zero-order valence-corrected chi connectivity index (χ0v) is 13.3. The number of amides is 1. The molecule has 0 saturated heterocycles. The third-order valence-electron chi connectivity index (χ3n) is 5.07. The third kappa shape index (κ3) is 2.65. The summed E-state index contributed by atoms with van der Waals surface area (Å²) in [5.74, 6) is 0.0213. The van der Waals surface area contributed by atoms with Crippen LogP contribution in [0.2, 0.25) is 0 Å². The van der Waals surface area contributed by atoms with Crippen LogP contribution in [-0.4, -0.2) is 19.1 Å². The Balaban J connectivity index is 1.98. The highest BCUT2D eigenvalue weighted by atomic mass is 32.2. The summed E-state index contributed by atoms with van der Waals surface area (Å²) in [6.07, 6.45) is 7.12. The summed E-state index contributed by atoms with van der Waals surface area (Å²) < 4.78 is 26.5. The van der Waals surface area contributed by atoms with Crippen LogP contribution in [0.3, 0.4) is 0 Å². The number of nitrogens with one attached hydrogen (secondary N) is 1. The lowest BCUT2D eigenvalue weighted by Gasteiger charge is -2.19. The Bertz CT molecular complexity index is 507. The van der Waals surface area contributed by atoms with Crippen molar-refractivity contribution in [2.75, 3.05) is 0 Å². The van der Waals surface area contributed by atoms with Gasteiger partial charge in [0.1, 0.15) is 0 Å². The van der Waals surface area contributed by atoms with Crippen LogP contribution in [0.15, 0.2) is 12.7 Å². The van der Waals surface area contributed by atoms with Gasteiger partial charge in [-0.3, -0.25) is 9.52 Å². The standard InChI is InChI=1S/C15H25NO3S/c1-4-6-7-8-15(9-10-15)20(18,19)16-13(17)14(3)11-12(14)5-2/h4,12H,1,5-11H2,2-3H3,(H,16,17). The maximum atomic E-state index is 12.4. The molecule has 1 amide bonds. The van der Waals surface area contributed by atoms with E-state index in [-0.39, 0.29) is 5.91 Å². The molecule has 2 aliphatic rings. The lowest BCUT2D eigenvalue weighted by Crippen LogP contribution is -2.43. The van der Waals surface area contributed by atoms with Gasteiger partial charge in [0.05, 0.1) is 10.2 Å². The van der Waals surface area contributed by atoms with Crippen LogP contribution in [0, 0.1) is 11.3 Å². The molecule has 2 aliphatic carbocycles. The van der Waals surface area contributed by atoms with Gasteiger partial charge in [0.15, 0.2) is 0 Å². The van der Waals surface area contributed by atoms with Gasteiger partial charge in [0.2, 0.25) is 15.9 Å². The number of allylic oxidation sites excluding steroid dienone is 1. The van der Waals surface area contributed by atoms with E-state index in [1.165, 1.54) is 0 Å². The fourth-order valence-corrected chi connectivity index (χ4v) is 4.78. The Hall–Kier alpha value is -0.840. The van der Waals surface area contributed by atoms with Gasteiger partial charge in [0.25, 0.3) is 0 Å². The molecule has 0 aliphatic heterocycles. The van der Waals surface area contributed by atoms with Gasteiger partial charge in [-0.25, -0.2) is 8.42 Å². The number of rotatable bonds is 8. The molecular formula is C15H25NO3S. The zero-order valence-electron chi connectivity index (χ0n) is 12.4. The van der Waals surface area contributed by atoms with E-state index in [9.17, 15) is 13.2 Å². The number of carbonyl (C=O) groups excluding carboxylic acids is 1. The van der Waals surface area contributed by atoms with Crippen molar-refractivity contribution >= 4 is 15.9 Å². The first-order chi connectivity index (χ1) is 9.31. The van der Waals surface area contributed by atoms with E-state index in [4.69, 9.17) is 0 Å². The second kappa shape index (κ2) is 5.17. The molecule has 1 N–H and O–H groups in total. The first-order valence-corrected chi connectivity index (χ1v) is 8.97. The van der Waals surface area contributed by atoms with E-state index < -0.39 is 20.2 Å². The van der Waals surface area contributed by atoms with Crippen molar-refractivity contribution in [3.63, 3.8) is 0 Å². The molecular weight excluding hydrogens is 274 g/mol.